The predicted molar refractivity (Wildman–Crippen MR) is 123 cm³/mol. The summed E-state index contributed by atoms with van der Waals surface area (Å²) in [7, 11) is 3.81. The molecular formula is C25H31N3O4. The van der Waals surface area contributed by atoms with Gasteiger partial charge in [-0.1, -0.05) is 19.9 Å². The minimum atomic E-state index is -0.694. The Kier molecular flexibility index (Phi) is 7.30. The van der Waals surface area contributed by atoms with Crippen molar-refractivity contribution in [2.75, 3.05) is 33.8 Å². The fraction of sp³-hybridized carbons (Fsp3) is 0.400. The molecule has 7 nitrogen and oxygen atoms in total. The molecular weight excluding hydrogens is 406 g/mol. The molecule has 1 aliphatic rings. The van der Waals surface area contributed by atoms with E-state index < -0.39 is 17.7 Å². The van der Waals surface area contributed by atoms with Gasteiger partial charge in [-0.2, -0.15) is 0 Å². The molecule has 1 saturated heterocycles. The fourth-order valence-corrected chi connectivity index (χ4v) is 3.67. The van der Waals surface area contributed by atoms with E-state index in [2.05, 4.69) is 18.8 Å². The lowest BCUT2D eigenvalue weighted by molar-refractivity contribution is -0.140. The number of hydrogen-bond donors (Lipinski definition) is 1. The molecule has 1 atom stereocenters. The van der Waals surface area contributed by atoms with Gasteiger partial charge < -0.3 is 19.6 Å². The molecule has 170 valence electrons. The predicted octanol–water partition coefficient (Wildman–Crippen LogP) is 3.41. The Bertz CT molecular complexity index is 1020. The first-order valence-corrected chi connectivity index (χ1v) is 10.8. The van der Waals surface area contributed by atoms with Gasteiger partial charge in [0.2, 0.25) is 0 Å². The molecule has 1 aromatic heterocycles. The van der Waals surface area contributed by atoms with Crippen molar-refractivity contribution < 1.29 is 19.4 Å². The Balaban J connectivity index is 2.05. The highest BCUT2D eigenvalue weighted by Gasteiger charge is 2.46. The molecule has 3 rings (SSSR count). The number of aliphatic hydroxyl groups excluding tert-OH is 1. The van der Waals surface area contributed by atoms with Crippen molar-refractivity contribution in [1.82, 2.24) is 14.8 Å². The molecule has 1 N–H and O–H groups in total. The zero-order valence-electron chi connectivity index (χ0n) is 19.3. The number of aryl methyl sites for hydroxylation is 1. The van der Waals surface area contributed by atoms with Crippen LogP contribution in [0.2, 0.25) is 0 Å². The molecule has 0 aliphatic carbocycles. The monoisotopic (exact) mass is 437 g/mol. The number of nitrogens with zero attached hydrogens (tertiary/aromatic N) is 3. The van der Waals surface area contributed by atoms with Crippen LogP contribution in [0.5, 0.6) is 5.75 Å². The highest BCUT2D eigenvalue weighted by atomic mass is 16.5. The lowest BCUT2D eigenvalue weighted by Gasteiger charge is -2.26. The van der Waals surface area contributed by atoms with E-state index in [-0.39, 0.29) is 11.3 Å². The number of Topliss-reactive ketones (excluding diaryl/α,β-unsaturated/α-hetero) is 1. The van der Waals surface area contributed by atoms with Gasteiger partial charge in [0.05, 0.1) is 18.2 Å². The maximum absolute atomic E-state index is 13.0. The fourth-order valence-electron chi connectivity index (χ4n) is 3.67. The molecule has 1 fully saturated rings. The van der Waals surface area contributed by atoms with Gasteiger partial charge in [-0.05, 0) is 62.3 Å². The number of rotatable bonds is 8. The van der Waals surface area contributed by atoms with Gasteiger partial charge >= 0.3 is 0 Å². The second-order valence-electron chi connectivity index (χ2n) is 8.77. The second kappa shape index (κ2) is 9.96. The van der Waals surface area contributed by atoms with Crippen LogP contribution in [0.25, 0.3) is 5.76 Å². The van der Waals surface area contributed by atoms with Crippen LogP contribution in [0.4, 0.5) is 0 Å². The summed E-state index contributed by atoms with van der Waals surface area (Å²) >= 11 is 0. The van der Waals surface area contributed by atoms with Crippen molar-refractivity contribution in [2.24, 2.45) is 5.92 Å². The molecule has 7 heteroatoms. The van der Waals surface area contributed by atoms with E-state index >= 15 is 0 Å². The van der Waals surface area contributed by atoms with Crippen molar-refractivity contribution in [2.45, 2.75) is 26.8 Å². The van der Waals surface area contributed by atoms with E-state index in [9.17, 15) is 14.7 Å². The number of carbonyl (C=O) groups is 2. The lowest BCUT2D eigenvalue weighted by Crippen LogP contribution is -2.35. The van der Waals surface area contributed by atoms with Gasteiger partial charge in [-0.25, -0.2) is 0 Å². The van der Waals surface area contributed by atoms with Crippen LogP contribution in [0.15, 0.2) is 48.3 Å². The highest BCUT2D eigenvalue weighted by Crippen LogP contribution is 2.39. The molecule has 0 unspecified atom stereocenters. The number of benzene rings is 1. The minimum Gasteiger partial charge on any atom is -0.507 e. The molecule has 32 heavy (non-hydrogen) atoms. The summed E-state index contributed by atoms with van der Waals surface area (Å²) < 4.78 is 5.82. The molecule has 0 radical (unpaired) electrons. The van der Waals surface area contributed by atoms with Crippen LogP contribution in [0, 0.1) is 12.8 Å². The minimum absolute atomic E-state index is 0.0806. The van der Waals surface area contributed by atoms with Gasteiger partial charge in [-0.15, -0.1) is 0 Å². The number of carbonyl (C=O) groups excluding carboxylic acids is 2. The number of aliphatic hydroxyl groups is 1. The van der Waals surface area contributed by atoms with Crippen molar-refractivity contribution >= 4 is 17.4 Å². The zero-order chi connectivity index (χ0) is 23.4. The van der Waals surface area contributed by atoms with Gasteiger partial charge in [0.1, 0.15) is 11.5 Å². The van der Waals surface area contributed by atoms with E-state index in [1.54, 1.807) is 36.7 Å². The Morgan fingerprint density at radius 2 is 2.00 bits per heavy atom. The van der Waals surface area contributed by atoms with Crippen molar-refractivity contribution in [3.8, 4) is 5.75 Å². The number of likely N-dealkylation sites (tertiary alicyclic amines) is 1. The summed E-state index contributed by atoms with van der Waals surface area (Å²) in [6, 6.07) is 8.15. The zero-order valence-corrected chi connectivity index (χ0v) is 19.3. The number of likely N-dealkylation sites (N-methyl/N-ethyl adjacent to an activating group) is 1. The Morgan fingerprint density at radius 1 is 1.25 bits per heavy atom. The average Bonchev–Trinajstić information content (AvgIpc) is 3.01. The normalized spacial score (nSPS) is 18.1. The summed E-state index contributed by atoms with van der Waals surface area (Å²) in [6.07, 6.45) is 3.26. The first kappa shape index (κ1) is 23.5. The third-order valence-electron chi connectivity index (χ3n) is 5.35. The Hall–Kier alpha value is -3.19. The summed E-state index contributed by atoms with van der Waals surface area (Å²) in [6.45, 7) is 7.57. The van der Waals surface area contributed by atoms with Gasteiger partial charge in [-0.3, -0.25) is 14.6 Å². The molecule has 0 bridgehead atoms. The first-order valence-electron chi connectivity index (χ1n) is 10.8. The van der Waals surface area contributed by atoms with E-state index in [0.717, 1.165) is 11.3 Å². The average molecular weight is 438 g/mol. The smallest absolute Gasteiger partial charge is 0.295 e. The maximum Gasteiger partial charge on any atom is 0.295 e. The van der Waals surface area contributed by atoms with Crippen molar-refractivity contribution in [3.05, 3.63) is 65.0 Å². The molecule has 1 aliphatic heterocycles. The summed E-state index contributed by atoms with van der Waals surface area (Å²) in [5.74, 6) is -0.377. The number of aromatic nitrogens is 1. The van der Waals surface area contributed by atoms with Crippen LogP contribution >= 0.6 is 0 Å². The topological polar surface area (TPSA) is 83.0 Å². The van der Waals surface area contributed by atoms with E-state index in [0.29, 0.717) is 36.7 Å². The highest BCUT2D eigenvalue weighted by molar-refractivity contribution is 6.46. The van der Waals surface area contributed by atoms with E-state index in [1.807, 2.05) is 32.0 Å². The molecule has 2 aromatic rings. The summed E-state index contributed by atoms with van der Waals surface area (Å²) in [4.78, 5) is 33.5. The van der Waals surface area contributed by atoms with Crippen molar-refractivity contribution in [1.29, 1.82) is 0 Å². The standard InChI is InChI=1S/C25H31N3O4/c1-16(2)15-32-20-9-8-18(13-17(20)3)23(29)21-22(19-7-6-10-26-14-19)28(12-11-27(4)5)25(31)24(21)30/h6-10,13-14,16,22,29H,11-12,15H2,1-5H3/b23-21+/t22-/m0/s1. The Morgan fingerprint density at radius 3 is 2.59 bits per heavy atom. The molecule has 2 heterocycles. The maximum atomic E-state index is 13.0. The number of hydrogen-bond acceptors (Lipinski definition) is 6. The quantitative estimate of drug-likeness (QED) is 0.387. The van der Waals surface area contributed by atoms with Crippen LogP contribution in [-0.2, 0) is 9.59 Å². The molecule has 0 saturated carbocycles. The summed E-state index contributed by atoms with van der Waals surface area (Å²) in [5.41, 5.74) is 2.07. The largest absolute Gasteiger partial charge is 0.507 e. The van der Waals surface area contributed by atoms with Crippen molar-refractivity contribution in [3.63, 3.8) is 0 Å². The van der Waals surface area contributed by atoms with E-state index in [1.165, 1.54) is 4.90 Å². The van der Waals surface area contributed by atoms with E-state index in [4.69, 9.17) is 4.74 Å². The SMILES string of the molecule is Cc1cc(/C(O)=C2\C(=O)C(=O)N(CCN(C)C)[C@H]2c2cccnc2)ccc1OCC(C)C. The van der Waals surface area contributed by atoms with Gasteiger partial charge in [0.25, 0.3) is 11.7 Å². The third kappa shape index (κ3) is 4.99. The molecule has 1 aromatic carbocycles. The molecule has 1 amide bonds. The van der Waals surface area contributed by atoms with Crippen LogP contribution < -0.4 is 4.74 Å². The molecule has 0 spiro atoms. The number of ether oxygens (including phenoxy) is 1. The van der Waals surface area contributed by atoms with Gasteiger partial charge in [0.15, 0.2) is 0 Å². The number of pyridine rings is 1. The second-order valence-corrected chi connectivity index (χ2v) is 8.77. The van der Waals surface area contributed by atoms with Crippen LogP contribution in [-0.4, -0.2) is 65.4 Å². The first-order chi connectivity index (χ1) is 15.2. The van der Waals surface area contributed by atoms with Crippen LogP contribution in [0.1, 0.15) is 36.6 Å². The number of amides is 1. The van der Waals surface area contributed by atoms with Crippen LogP contribution in [0.3, 0.4) is 0 Å². The summed E-state index contributed by atoms with van der Waals surface area (Å²) in [5, 5.41) is 11.2. The van der Waals surface area contributed by atoms with Gasteiger partial charge in [0, 0.05) is 31.0 Å². The lowest BCUT2D eigenvalue weighted by atomic mass is 9.95. The number of ketones is 1. The Labute approximate surface area is 189 Å². The third-order valence-corrected chi connectivity index (χ3v) is 5.35.